The van der Waals surface area contributed by atoms with E-state index in [0.29, 0.717) is 0 Å². The van der Waals surface area contributed by atoms with Crippen LogP contribution < -0.4 is 0 Å². The number of fused-ring (bicyclic) bond motifs is 2. The largest absolute Gasteiger partial charge is 0.218 e. The summed E-state index contributed by atoms with van der Waals surface area (Å²) >= 11 is 0. The topological polar surface area (TPSA) is 0 Å². The molecule has 0 fully saturated rings. The second-order valence-electron chi connectivity index (χ2n) is 5.33. The minimum Gasteiger partial charge on any atom is -0.218 e. The van der Waals surface area contributed by atoms with Gasteiger partial charge in [0.1, 0.15) is 0 Å². The zero-order valence-corrected chi connectivity index (χ0v) is 152. The number of hydrogen-bond donors (Lipinski definition) is 0. The predicted molar refractivity (Wildman–Crippen MR) is 89.3 cm³/mol. The predicted octanol–water partition coefficient (Wildman–Crippen LogP) is 5.47. The van der Waals surface area contributed by atoms with Gasteiger partial charge < -0.3 is 0 Å². The third-order valence-electron chi connectivity index (χ3n) is 4.02. The fraction of sp³-hybridized carbons (Fsp3) is 0.0476. The molecule has 223 valence electrons. The van der Waals surface area contributed by atoms with Crippen LogP contribution in [0.5, 0.6) is 0 Å². The molecule has 0 amide bonds. The van der Waals surface area contributed by atoms with E-state index in [1.54, 1.807) is 0 Å². The molecule has 0 bridgehead atoms. The molecule has 4 aromatic rings. The standard InChI is InChI=1S/C21H14.41Y/c1-15-13-14-21(19-11-5-4-9-17(15)19)20-12-6-8-16-7-2-3-10-18(16)20;;;;;;;;;;;;;;;;;;;;;;;;;;;;;;;;;;;;;;;;;/h2-11,13H,1H3;;;;;;;;;;;;;;;;;;;;;;;;;;;;;;;;;;;;;;;;;/q-2;;;;;;;;;;;;;;;;;;;;;;;;;;;;;;;;;;;;;;;;;. The van der Waals surface area contributed by atoms with Crippen LogP contribution >= 0.6 is 0 Å². The van der Waals surface area contributed by atoms with Gasteiger partial charge in [0, 0.05) is 1340 Å². The molecule has 0 spiro atoms. The molecular weight excluding hydrogens is 3900 g/mol. The van der Waals surface area contributed by atoms with Crippen molar-refractivity contribution >= 4 is 21.5 Å². The van der Waals surface area contributed by atoms with Gasteiger partial charge in [-0.2, -0.15) is 24.3 Å². The Balaban J connectivity index is -0.00000000390. The summed E-state index contributed by atoms with van der Waals surface area (Å²) in [6.07, 6.45) is 0. The zero-order chi connectivity index (χ0) is 14.2. The Hall–Kier alpha value is 42.7. The number of rotatable bonds is 1. The van der Waals surface area contributed by atoms with Gasteiger partial charge in [-0.1, -0.05) is 43.3 Å². The average Bonchev–Trinajstić information content (AvgIpc) is 2.55. The normalized spacial score (nSPS) is 3.76. The molecule has 0 atom stereocenters. The quantitative estimate of drug-likeness (QED) is 0.223. The van der Waals surface area contributed by atoms with Gasteiger partial charge in [0.15, 0.2) is 0 Å². The number of aryl methyl sites for hydroxylation is 1. The first-order chi connectivity index (χ1) is 10.3. The van der Waals surface area contributed by atoms with Crippen molar-refractivity contribution in [3.63, 3.8) is 0 Å². The molecule has 4 aromatic carbocycles. The van der Waals surface area contributed by atoms with Crippen molar-refractivity contribution in [1.29, 1.82) is 0 Å². The van der Waals surface area contributed by atoms with Gasteiger partial charge in [-0.3, -0.25) is 0 Å². The molecular formula is C21H14Y41-2. The summed E-state index contributed by atoms with van der Waals surface area (Å²) in [7, 11) is 0. The van der Waals surface area contributed by atoms with Crippen molar-refractivity contribution in [3.05, 3.63) is 84.4 Å². The summed E-state index contributed by atoms with van der Waals surface area (Å²) < 4.78 is 0. The first-order valence-corrected chi connectivity index (χ1v) is 7.14. The van der Waals surface area contributed by atoms with Crippen LogP contribution in [0.4, 0.5) is 0 Å². The van der Waals surface area contributed by atoms with Crippen LogP contribution in [0, 0.1) is 19.1 Å². The Morgan fingerprint density at radius 1 is 0.242 bits per heavy atom. The van der Waals surface area contributed by atoms with Crippen LogP contribution in [0.15, 0.2) is 66.7 Å². The molecule has 0 heterocycles. The van der Waals surface area contributed by atoms with Gasteiger partial charge in [0.25, 0.3) is 0 Å². The van der Waals surface area contributed by atoms with Crippen molar-refractivity contribution in [2.75, 3.05) is 0 Å². The molecule has 0 nitrogen and oxygen atoms in total. The molecule has 0 aliphatic rings. The van der Waals surface area contributed by atoms with Crippen LogP contribution in [-0.4, -0.2) is 0 Å². The molecule has 0 N–H and O–H groups in total. The summed E-state index contributed by atoms with van der Waals surface area (Å²) in [5, 5.41) is 4.99. The number of hydrogen-bond acceptors (Lipinski definition) is 0. The van der Waals surface area contributed by atoms with Crippen LogP contribution in [0.2, 0.25) is 0 Å². The Kier molecular flexibility index (Phi) is 759. The van der Waals surface area contributed by atoms with Crippen molar-refractivity contribution in [1.82, 2.24) is 0 Å². The van der Waals surface area contributed by atoms with E-state index in [-0.39, 0.29) is 1340 Å². The second kappa shape index (κ2) is 186. The maximum Gasteiger partial charge on any atom is 0 e. The van der Waals surface area contributed by atoms with Crippen molar-refractivity contribution in [3.8, 4) is 11.1 Å². The molecule has 0 saturated carbocycles. The van der Waals surface area contributed by atoms with Gasteiger partial charge in [-0.05, 0) is 0 Å². The molecule has 41 radical (unpaired) electrons. The maximum atomic E-state index is 3.46. The van der Waals surface area contributed by atoms with E-state index in [0.717, 1.165) is 11.1 Å². The third kappa shape index (κ3) is 126. The minimum atomic E-state index is 0. The minimum absolute atomic E-state index is 0. The Bertz CT molecular complexity index is 1000. The fourth-order valence-electron chi connectivity index (χ4n) is 2.96. The van der Waals surface area contributed by atoms with Crippen LogP contribution in [0.3, 0.4) is 0 Å². The van der Waals surface area contributed by atoms with E-state index in [1.807, 2.05) is 6.07 Å². The van der Waals surface area contributed by atoms with Crippen molar-refractivity contribution in [2.45, 2.75) is 6.92 Å². The molecule has 0 aliphatic heterocycles. The second-order valence-corrected chi connectivity index (χ2v) is 5.33. The van der Waals surface area contributed by atoms with Gasteiger partial charge >= 0.3 is 0 Å². The van der Waals surface area contributed by atoms with Crippen LogP contribution in [-0.2, 0) is 1340 Å². The molecule has 62 heavy (non-hydrogen) atoms. The van der Waals surface area contributed by atoms with Gasteiger partial charge in [0.2, 0.25) is 0 Å². The summed E-state index contributed by atoms with van der Waals surface area (Å²) in [6, 6.07) is 30.0. The van der Waals surface area contributed by atoms with Gasteiger partial charge in [-0.15, -0.1) is 45.3 Å². The summed E-state index contributed by atoms with van der Waals surface area (Å²) in [6.45, 7) is 2.13. The molecule has 0 aromatic heterocycles. The maximum absolute atomic E-state index is 3.46. The van der Waals surface area contributed by atoms with E-state index in [9.17, 15) is 0 Å². The Morgan fingerprint density at radius 3 is 0.758 bits per heavy atom. The summed E-state index contributed by atoms with van der Waals surface area (Å²) in [4.78, 5) is 0. The van der Waals surface area contributed by atoms with E-state index in [4.69, 9.17) is 0 Å². The first-order valence-electron chi connectivity index (χ1n) is 7.14. The van der Waals surface area contributed by atoms with E-state index in [1.165, 1.54) is 27.1 Å². The van der Waals surface area contributed by atoms with E-state index in [2.05, 4.69) is 79.7 Å². The Morgan fingerprint density at radius 2 is 0.468 bits per heavy atom. The van der Waals surface area contributed by atoms with Crippen LogP contribution in [0.25, 0.3) is 32.7 Å². The van der Waals surface area contributed by atoms with Gasteiger partial charge in [0.05, 0.1) is 0 Å². The molecule has 41 heteroatoms. The molecule has 0 saturated heterocycles. The SMILES string of the molecule is Cc1c[c-]c(-c2[c-]ccc3ccccc23)c2ccccc12.[Y].[Y].[Y].[Y].[Y].[Y].[Y].[Y].[Y].[Y].[Y].[Y].[Y].[Y].[Y].[Y].[Y].[Y].[Y].[Y].[Y].[Y].[Y].[Y].[Y].[Y].[Y].[Y].[Y].[Y].[Y].[Y].[Y].[Y].[Y].[Y].[Y].[Y].[Y].[Y].[Y]. The third-order valence-corrected chi connectivity index (χ3v) is 4.02. The smallest absolute Gasteiger partial charge is 0 e. The van der Waals surface area contributed by atoms with Crippen LogP contribution in [0.1, 0.15) is 5.56 Å². The summed E-state index contributed by atoms with van der Waals surface area (Å²) in [5.41, 5.74) is 3.52. The number of benzene rings is 4. The van der Waals surface area contributed by atoms with Crippen molar-refractivity contribution < 1.29 is 1340 Å². The molecule has 4 rings (SSSR count). The van der Waals surface area contributed by atoms with Crippen molar-refractivity contribution in [2.24, 2.45) is 0 Å². The van der Waals surface area contributed by atoms with Gasteiger partial charge in [-0.25, -0.2) is 11.1 Å². The average molecular weight is 3910 g/mol. The van der Waals surface area contributed by atoms with E-state index >= 15 is 0 Å². The Labute approximate surface area is 1410 Å². The fourth-order valence-corrected chi connectivity index (χ4v) is 2.96. The van der Waals surface area contributed by atoms with E-state index < -0.39 is 0 Å². The first kappa shape index (κ1) is 253. The zero-order valence-electron chi connectivity index (χ0n) is 35.5. The monoisotopic (exact) mass is 3910 g/mol. The molecule has 0 aliphatic carbocycles. The summed E-state index contributed by atoms with van der Waals surface area (Å²) in [5.74, 6) is 0. The molecule has 0 unspecified atom stereocenters.